The van der Waals surface area contributed by atoms with Gasteiger partial charge in [0.05, 0.1) is 7.11 Å². The van der Waals surface area contributed by atoms with Crippen LogP contribution in [0.2, 0.25) is 0 Å². The molecular weight excluding hydrogens is 439 g/mol. The van der Waals surface area contributed by atoms with Crippen LogP contribution >= 0.6 is 0 Å². The number of ether oxygens (including phenoxy) is 1. The number of halogens is 5. The van der Waals surface area contributed by atoms with Crippen molar-refractivity contribution in [2.75, 3.05) is 13.7 Å². The molecule has 0 aliphatic carbocycles. The Bertz CT molecular complexity index is 1010. The molecular formula is C21H19F5N2O4. The van der Waals surface area contributed by atoms with E-state index in [1.54, 1.807) is 5.32 Å². The molecule has 0 unspecified atom stereocenters. The van der Waals surface area contributed by atoms with E-state index in [0.717, 1.165) is 19.2 Å². The highest BCUT2D eigenvalue weighted by atomic mass is 19.4. The Labute approximate surface area is 179 Å². The van der Waals surface area contributed by atoms with Crippen LogP contribution in [0.1, 0.15) is 28.8 Å². The second-order valence-corrected chi connectivity index (χ2v) is 6.59. The molecule has 2 amide bonds. The maximum absolute atomic E-state index is 14.5. The predicted molar refractivity (Wildman–Crippen MR) is 103 cm³/mol. The van der Waals surface area contributed by atoms with Crippen LogP contribution in [-0.4, -0.2) is 37.6 Å². The fraction of sp³-hybridized carbons (Fsp3) is 0.286. The smallest absolute Gasteiger partial charge is 0.465 e. The first-order valence-electron chi connectivity index (χ1n) is 9.32. The molecule has 0 aliphatic heterocycles. The summed E-state index contributed by atoms with van der Waals surface area (Å²) in [5, 5.41) is 4.06. The van der Waals surface area contributed by atoms with Crippen molar-refractivity contribution in [3.63, 3.8) is 0 Å². The standard InChI is InChI=1S/C21H19F5N2O4/c1-32-19(30)18-14(4-2-5-15(18)22)12-7-8-13(16(23)10-12)11-28-17(29)6-3-9-27-20(31)21(24,25)26/h2,4-5,7-8,10H,3,6,9,11H2,1H3,(H,27,31)(H,28,29). The lowest BCUT2D eigenvalue weighted by Gasteiger charge is -2.11. The molecule has 6 nitrogen and oxygen atoms in total. The van der Waals surface area contributed by atoms with Crippen LogP contribution in [0.15, 0.2) is 36.4 Å². The van der Waals surface area contributed by atoms with Crippen LogP contribution in [0.5, 0.6) is 0 Å². The highest BCUT2D eigenvalue weighted by Crippen LogP contribution is 2.28. The van der Waals surface area contributed by atoms with Gasteiger partial charge in [0.1, 0.15) is 17.2 Å². The SMILES string of the molecule is COC(=O)c1c(F)cccc1-c1ccc(CNC(=O)CCCNC(=O)C(F)(F)F)c(F)c1. The predicted octanol–water partition coefficient (Wildman–Crippen LogP) is 3.49. The first-order valence-corrected chi connectivity index (χ1v) is 9.32. The van der Waals surface area contributed by atoms with Gasteiger partial charge in [0.25, 0.3) is 0 Å². The van der Waals surface area contributed by atoms with Crippen molar-refractivity contribution in [3.8, 4) is 11.1 Å². The Morgan fingerprint density at radius 3 is 2.34 bits per heavy atom. The number of hydrogen-bond donors (Lipinski definition) is 2. The molecule has 2 aromatic carbocycles. The van der Waals surface area contributed by atoms with Gasteiger partial charge in [0, 0.05) is 25.1 Å². The van der Waals surface area contributed by atoms with Gasteiger partial charge < -0.3 is 15.4 Å². The van der Waals surface area contributed by atoms with Gasteiger partial charge in [-0.05, 0) is 29.7 Å². The van der Waals surface area contributed by atoms with E-state index in [-0.39, 0.29) is 48.2 Å². The van der Waals surface area contributed by atoms with Crippen molar-refractivity contribution < 1.29 is 41.1 Å². The van der Waals surface area contributed by atoms with Gasteiger partial charge >= 0.3 is 18.1 Å². The minimum absolute atomic E-state index is 0.0368. The number of amides is 2. The Hall–Kier alpha value is -3.50. The molecule has 2 N–H and O–H groups in total. The highest BCUT2D eigenvalue weighted by Gasteiger charge is 2.38. The number of rotatable bonds is 8. The second kappa shape index (κ2) is 10.7. The molecule has 0 atom stereocenters. The lowest BCUT2D eigenvalue weighted by atomic mass is 9.98. The van der Waals surface area contributed by atoms with Gasteiger partial charge in [-0.3, -0.25) is 9.59 Å². The average Bonchev–Trinajstić information content (AvgIpc) is 2.74. The minimum Gasteiger partial charge on any atom is -0.465 e. The Balaban J connectivity index is 1.96. The quantitative estimate of drug-likeness (QED) is 0.360. The van der Waals surface area contributed by atoms with Gasteiger partial charge in [-0.25, -0.2) is 13.6 Å². The lowest BCUT2D eigenvalue weighted by Crippen LogP contribution is -2.37. The Morgan fingerprint density at radius 1 is 1.00 bits per heavy atom. The summed E-state index contributed by atoms with van der Waals surface area (Å²) in [4.78, 5) is 34.3. The third-order valence-corrected chi connectivity index (χ3v) is 4.37. The summed E-state index contributed by atoms with van der Waals surface area (Å²) in [6, 6.07) is 7.74. The number of esters is 1. The normalized spacial score (nSPS) is 11.1. The van der Waals surface area contributed by atoms with E-state index >= 15 is 0 Å². The van der Waals surface area contributed by atoms with Crippen LogP contribution < -0.4 is 10.6 Å². The van der Waals surface area contributed by atoms with E-state index in [9.17, 15) is 36.3 Å². The first-order chi connectivity index (χ1) is 15.0. The van der Waals surface area contributed by atoms with Gasteiger partial charge in [-0.1, -0.05) is 24.3 Å². The van der Waals surface area contributed by atoms with Gasteiger partial charge in [-0.2, -0.15) is 13.2 Å². The fourth-order valence-corrected chi connectivity index (χ4v) is 2.77. The Morgan fingerprint density at radius 2 is 1.72 bits per heavy atom. The van der Waals surface area contributed by atoms with Crippen LogP contribution in [0, 0.1) is 11.6 Å². The van der Waals surface area contributed by atoms with E-state index in [1.807, 2.05) is 0 Å². The summed E-state index contributed by atoms with van der Waals surface area (Å²) < 4.78 is 69.3. The summed E-state index contributed by atoms with van der Waals surface area (Å²) in [5.74, 6) is -5.10. The zero-order chi connectivity index (χ0) is 23.9. The molecule has 0 radical (unpaired) electrons. The molecule has 32 heavy (non-hydrogen) atoms. The number of nitrogens with one attached hydrogen (secondary N) is 2. The largest absolute Gasteiger partial charge is 0.471 e. The number of carbonyl (C=O) groups excluding carboxylic acids is 3. The first kappa shape index (κ1) is 24.8. The molecule has 0 heterocycles. The van der Waals surface area contributed by atoms with Crippen molar-refractivity contribution in [2.24, 2.45) is 0 Å². The van der Waals surface area contributed by atoms with E-state index in [4.69, 9.17) is 0 Å². The number of hydrogen-bond acceptors (Lipinski definition) is 4. The summed E-state index contributed by atoms with van der Waals surface area (Å²) in [5.41, 5.74) is 0.113. The van der Waals surface area contributed by atoms with Gasteiger partial charge in [-0.15, -0.1) is 0 Å². The molecule has 172 valence electrons. The molecule has 0 spiro atoms. The third kappa shape index (κ3) is 6.50. The zero-order valence-corrected chi connectivity index (χ0v) is 16.8. The molecule has 0 aliphatic rings. The van der Waals surface area contributed by atoms with Crippen LogP contribution in [0.4, 0.5) is 22.0 Å². The van der Waals surface area contributed by atoms with E-state index in [2.05, 4.69) is 10.1 Å². The molecule has 0 fully saturated rings. The molecule has 0 aromatic heterocycles. The molecule has 11 heteroatoms. The number of carbonyl (C=O) groups is 3. The van der Waals surface area contributed by atoms with E-state index in [0.29, 0.717) is 0 Å². The molecule has 2 rings (SSSR count). The average molecular weight is 458 g/mol. The van der Waals surface area contributed by atoms with Crippen molar-refractivity contribution in [3.05, 3.63) is 59.2 Å². The lowest BCUT2D eigenvalue weighted by molar-refractivity contribution is -0.173. The third-order valence-electron chi connectivity index (χ3n) is 4.37. The molecule has 0 bridgehead atoms. The number of methoxy groups -OCH3 is 1. The summed E-state index contributed by atoms with van der Waals surface area (Å²) in [6.07, 6.45) is -5.20. The van der Waals surface area contributed by atoms with E-state index in [1.165, 1.54) is 24.3 Å². The van der Waals surface area contributed by atoms with Gasteiger partial charge in [0.2, 0.25) is 5.91 Å². The number of alkyl halides is 3. The Kier molecular flexibility index (Phi) is 8.27. The van der Waals surface area contributed by atoms with E-state index < -0.39 is 35.6 Å². The maximum atomic E-state index is 14.5. The minimum atomic E-state index is -4.99. The zero-order valence-electron chi connectivity index (χ0n) is 16.8. The fourth-order valence-electron chi connectivity index (χ4n) is 2.77. The topological polar surface area (TPSA) is 84.5 Å². The van der Waals surface area contributed by atoms with Crippen molar-refractivity contribution in [1.29, 1.82) is 0 Å². The van der Waals surface area contributed by atoms with Crippen molar-refractivity contribution in [1.82, 2.24) is 10.6 Å². The van der Waals surface area contributed by atoms with Crippen molar-refractivity contribution >= 4 is 17.8 Å². The van der Waals surface area contributed by atoms with Gasteiger partial charge in [0.15, 0.2) is 0 Å². The van der Waals surface area contributed by atoms with Crippen LogP contribution in [0.3, 0.4) is 0 Å². The second-order valence-electron chi connectivity index (χ2n) is 6.59. The summed E-state index contributed by atoms with van der Waals surface area (Å²) in [6.45, 7) is -0.544. The maximum Gasteiger partial charge on any atom is 0.471 e. The van der Waals surface area contributed by atoms with Crippen molar-refractivity contribution in [2.45, 2.75) is 25.6 Å². The highest BCUT2D eigenvalue weighted by molar-refractivity contribution is 5.97. The molecule has 0 saturated heterocycles. The summed E-state index contributed by atoms with van der Waals surface area (Å²) >= 11 is 0. The molecule has 0 saturated carbocycles. The molecule has 2 aromatic rings. The van der Waals surface area contributed by atoms with Crippen LogP contribution in [0.25, 0.3) is 11.1 Å². The van der Waals surface area contributed by atoms with Crippen LogP contribution in [-0.2, 0) is 20.9 Å². The monoisotopic (exact) mass is 458 g/mol. The summed E-state index contributed by atoms with van der Waals surface area (Å²) in [7, 11) is 1.09. The number of benzene rings is 2.